The summed E-state index contributed by atoms with van der Waals surface area (Å²) in [6.45, 7) is 8.39. The number of ether oxygens (including phenoxy) is 1. The van der Waals surface area contributed by atoms with E-state index in [1.165, 1.54) is 0 Å². The first-order chi connectivity index (χ1) is 12.3. The van der Waals surface area contributed by atoms with Gasteiger partial charge in [0.15, 0.2) is 0 Å². The van der Waals surface area contributed by atoms with E-state index in [1.807, 2.05) is 37.5 Å². The van der Waals surface area contributed by atoms with Crippen LogP contribution < -0.4 is 0 Å². The lowest BCUT2D eigenvalue weighted by Gasteiger charge is -2.34. The molecule has 134 valence electrons. The van der Waals surface area contributed by atoms with E-state index in [-0.39, 0.29) is 5.97 Å². The van der Waals surface area contributed by atoms with Crippen molar-refractivity contribution >= 4 is 5.97 Å². The zero-order valence-electron chi connectivity index (χ0n) is 14.8. The summed E-state index contributed by atoms with van der Waals surface area (Å²) in [6.07, 6.45) is 3.90. The van der Waals surface area contributed by atoms with Gasteiger partial charge in [-0.15, -0.1) is 0 Å². The summed E-state index contributed by atoms with van der Waals surface area (Å²) in [5.41, 5.74) is 1.15. The van der Waals surface area contributed by atoms with E-state index < -0.39 is 0 Å². The van der Waals surface area contributed by atoms with Crippen molar-refractivity contribution in [3.63, 3.8) is 0 Å². The average Bonchev–Trinajstić information content (AvgIpc) is 3.11. The first-order valence-corrected chi connectivity index (χ1v) is 8.93. The first-order valence-electron chi connectivity index (χ1n) is 8.93. The first kappa shape index (κ1) is 17.6. The van der Waals surface area contributed by atoms with Gasteiger partial charge in [0.05, 0.1) is 13.2 Å². The Labute approximate surface area is 149 Å². The zero-order chi connectivity index (χ0) is 17.5. The van der Waals surface area contributed by atoms with Gasteiger partial charge in [0.1, 0.15) is 5.82 Å². The molecule has 1 saturated heterocycles. The van der Waals surface area contributed by atoms with E-state index in [4.69, 9.17) is 4.74 Å². The van der Waals surface area contributed by atoms with Crippen LogP contribution in [-0.4, -0.2) is 71.2 Å². The monoisotopic (exact) mass is 342 g/mol. The maximum atomic E-state index is 11.6. The number of aromatic nitrogens is 2. The van der Waals surface area contributed by atoms with E-state index in [0.29, 0.717) is 13.2 Å². The fourth-order valence-corrected chi connectivity index (χ4v) is 3.15. The highest BCUT2D eigenvalue weighted by molar-refractivity contribution is 5.71. The van der Waals surface area contributed by atoms with Gasteiger partial charge < -0.3 is 9.30 Å². The summed E-state index contributed by atoms with van der Waals surface area (Å²) < 4.78 is 7.23. The minimum absolute atomic E-state index is 0.123. The van der Waals surface area contributed by atoms with Gasteiger partial charge in [0.25, 0.3) is 0 Å². The SMILES string of the molecule is CCOC(=O)CN1CCN(CCn2ccnc2-c2ccccc2)CC1. The number of benzene rings is 1. The zero-order valence-corrected chi connectivity index (χ0v) is 14.8. The Hall–Kier alpha value is -2.18. The number of hydrogen-bond donors (Lipinski definition) is 0. The fourth-order valence-electron chi connectivity index (χ4n) is 3.15. The van der Waals surface area contributed by atoms with E-state index >= 15 is 0 Å². The molecule has 1 aliphatic rings. The van der Waals surface area contributed by atoms with Crippen molar-refractivity contribution in [1.29, 1.82) is 0 Å². The summed E-state index contributed by atoms with van der Waals surface area (Å²) in [7, 11) is 0. The summed E-state index contributed by atoms with van der Waals surface area (Å²) in [5, 5.41) is 0. The summed E-state index contributed by atoms with van der Waals surface area (Å²) >= 11 is 0. The van der Waals surface area contributed by atoms with Crippen molar-refractivity contribution in [2.75, 3.05) is 45.9 Å². The molecule has 1 aliphatic heterocycles. The molecule has 0 saturated carbocycles. The lowest BCUT2D eigenvalue weighted by molar-refractivity contribution is -0.144. The number of imidazole rings is 1. The van der Waals surface area contributed by atoms with E-state index in [2.05, 4.69) is 31.5 Å². The third-order valence-corrected chi connectivity index (χ3v) is 4.53. The number of carbonyl (C=O) groups excluding carboxylic acids is 1. The molecule has 1 aromatic carbocycles. The van der Waals surface area contributed by atoms with Gasteiger partial charge in [-0.2, -0.15) is 0 Å². The van der Waals surface area contributed by atoms with Gasteiger partial charge in [0.2, 0.25) is 0 Å². The van der Waals surface area contributed by atoms with E-state index in [1.54, 1.807) is 0 Å². The van der Waals surface area contributed by atoms with Crippen molar-refractivity contribution in [3.05, 3.63) is 42.7 Å². The van der Waals surface area contributed by atoms with Crippen LogP contribution in [0.4, 0.5) is 0 Å². The number of carbonyl (C=O) groups is 1. The molecule has 3 rings (SSSR count). The van der Waals surface area contributed by atoms with Crippen LogP contribution >= 0.6 is 0 Å². The molecule has 0 aliphatic carbocycles. The molecule has 6 nitrogen and oxygen atoms in total. The lowest BCUT2D eigenvalue weighted by atomic mass is 10.2. The number of hydrogen-bond acceptors (Lipinski definition) is 5. The quantitative estimate of drug-likeness (QED) is 0.717. The predicted molar refractivity (Wildman–Crippen MR) is 97.2 cm³/mol. The van der Waals surface area contributed by atoms with Gasteiger partial charge in [-0.05, 0) is 6.92 Å². The minimum atomic E-state index is -0.123. The molecule has 0 amide bonds. The van der Waals surface area contributed by atoms with Crippen LogP contribution in [-0.2, 0) is 16.1 Å². The molecule has 0 spiro atoms. The summed E-state index contributed by atoms with van der Waals surface area (Å²) in [5.74, 6) is 0.892. The van der Waals surface area contributed by atoms with Crippen LogP contribution in [0.3, 0.4) is 0 Å². The van der Waals surface area contributed by atoms with Crippen LogP contribution in [0, 0.1) is 0 Å². The molecule has 1 fully saturated rings. The van der Waals surface area contributed by atoms with Crippen molar-refractivity contribution in [1.82, 2.24) is 19.4 Å². The topological polar surface area (TPSA) is 50.6 Å². The lowest BCUT2D eigenvalue weighted by Crippen LogP contribution is -2.48. The summed E-state index contributed by atoms with van der Waals surface area (Å²) in [4.78, 5) is 20.7. The van der Waals surface area contributed by atoms with Crippen LogP contribution in [0.15, 0.2) is 42.7 Å². The second kappa shape index (κ2) is 8.78. The average molecular weight is 342 g/mol. The Bertz CT molecular complexity index is 663. The Kier molecular flexibility index (Phi) is 6.19. The van der Waals surface area contributed by atoms with Gasteiger partial charge in [-0.1, -0.05) is 30.3 Å². The maximum absolute atomic E-state index is 11.6. The molecule has 25 heavy (non-hydrogen) atoms. The third-order valence-electron chi connectivity index (χ3n) is 4.53. The van der Waals surface area contributed by atoms with Gasteiger partial charge in [-0.3, -0.25) is 14.6 Å². The van der Waals surface area contributed by atoms with Crippen LogP contribution in [0.2, 0.25) is 0 Å². The fraction of sp³-hybridized carbons (Fsp3) is 0.474. The Morgan fingerprint density at radius 1 is 1.08 bits per heavy atom. The molecule has 1 aromatic heterocycles. The molecular formula is C19H26N4O2. The number of rotatable bonds is 7. The molecule has 6 heteroatoms. The van der Waals surface area contributed by atoms with Crippen molar-refractivity contribution in [2.45, 2.75) is 13.5 Å². The van der Waals surface area contributed by atoms with Gasteiger partial charge >= 0.3 is 5.97 Å². The van der Waals surface area contributed by atoms with Crippen LogP contribution in [0.25, 0.3) is 11.4 Å². The largest absolute Gasteiger partial charge is 0.465 e. The molecule has 2 aromatic rings. The second-order valence-electron chi connectivity index (χ2n) is 6.23. The molecule has 0 radical (unpaired) electrons. The third kappa shape index (κ3) is 4.90. The molecule has 2 heterocycles. The molecule has 0 unspecified atom stereocenters. The Morgan fingerprint density at radius 3 is 2.52 bits per heavy atom. The number of esters is 1. The van der Waals surface area contributed by atoms with Crippen LogP contribution in [0.1, 0.15) is 6.92 Å². The summed E-state index contributed by atoms with van der Waals surface area (Å²) in [6, 6.07) is 10.3. The van der Waals surface area contributed by atoms with Crippen molar-refractivity contribution < 1.29 is 9.53 Å². The Balaban J connectivity index is 1.47. The normalized spacial score (nSPS) is 16.0. The van der Waals surface area contributed by atoms with Crippen molar-refractivity contribution in [3.8, 4) is 11.4 Å². The highest BCUT2D eigenvalue weighted by Crippen LogP contribution is 2.16. The molecule has 0 bridgehead atoms. The number of piperazine rings is 1. The minimum Gasteiger partial charge on any atom is -0.465 e. The van der Waals surface area contributed by atoms with Crippen molar-refractivity contribution in [2.24, 2.45) is 0 Å². The highest BCUT2D eigenvalue weighted by atomic mass is 16.5. The Morgan fingerprint density at radius 2 is 1.80 bits per heavy atom. The highest BCUT2D eigenvalue weighted by Gasteiger charge is 2.19. The van der Waals surface area contributed by atoms with E-state index in [0.717, 1.165) is 50.7 Å². The maximum Gasteiger partial charge on any atom is 0.320 e. The molecule has 0 N–H and O–H groups in total. The number of nitrogens with zero attached hydrogens (tertiary/aromatic N) is 4. The van der Waals surface area contributed by atoms with E-state index in [9.17, 15) is 4.79 Å². The smallest absolute Gasteiger partial charge is 0.320 e. The molecular weight excluding hydrogens is 316 g/mol. The second-order valence-corrected chi connectivity index (χ2v) is 6.23. The van der Waals surface area contributed by atoms with Crippen LogP contribution in [0.5, 0.6) is 0 Å². The van der Waals surface area contributed by atoms with Gasteiger partial charge in [0, 0.05) is 57.2 Å². The molecule has 0 atom stereocenters. The standard InChI is InChI=1S/C19H26N4O2/c1-2-25-18(24)16-22-12-10-21(11-13-22)14-15-23-9-8-20-19(23)17-6-4-3-5-7-17/h3-9H,2,10-16H2,1H3. The van der Waals surface area contributed by atoms with Gasteiger partial charge in [-0.25, -0.2) is 4.98 Å². The predicted octanol–water partition coefficient (Wildman–Crippen LogP) is 1.73.